The van der Waals surface area contributed by atoms with E-state index in [1.54, 1.807) is 30.3 Å². The van der Waals surface area contributed by atoms with Crippen molar-refractivity contribution in [3.63, 3.8) is 0 Å². The van der Waals surface area contributed by atoms with Gasteiger partial charge < -0.3 is 25.4 Å². The van der Waals surface area contributed by atoms with Crippen molar-refractivity contribution in [1.29, 1.82) is 0 Å². The lowest BCUT2D eigenvalue weighted by Crippen LogP contribution is -2.34. The highest BCUT2D eigenvalue weighted by Crippen LogP contribution is 2.32. The first kappa shape index (κ1) is 17.3. The first-order valence-corrected chi connectivity index (χ1v) is 8.23. The molecule has 10 nitrogen and oxygen atoms in total. The number of aliphatic hydroxyl groups is 2. The molecule has 1 aromatic carbocycles. The van der Waals surface area contributed by atoms with E-state index in [1.807, 2.05) is 0 Å². The molecule has 1 aliphatic rings. The molecular weight excluding hydrogens is 354 g/mol. The third-order valence-corrected chi connectivity index (χ3v) is 4.39. The molecule has 1 saturated heterocycles. The van der Waals surface area contributed by atoms with E-state index in [4.69, 9.17) is 15.2 Å². The maximum Gasteiger partial charge on any atom is 0.338 e. The number of hydrogen-bond acceptors (Lipinski definition) is 9. The molecule has 0 spiro atoms. The number of carbonyl (C=O) groups is 1. The maximum atomic E-state index is 12.0. The predicted octanol–water partition coefficient (Wildman–Crippen LogP) is -0.115. The minimum absolute atomic E-state index is 0.195. The van der Waals surface area contributed by atoms with Crippen LogP contribution in [0.15, 0.2) is 43.0 Å². The van der Waals surface area contributed by atoms with Crippen molar-refractivity contribution in [3.8, 4) is 0 Å². The van der Waals surface area contributed by atoms with Gasteiger partial charge in [0, 0.05) is 0 Å². The summed E-state index contributed by atoms with van der Waals surface area (Å²) in [6.07, 6.45) is -1.72. The molecule has 1 fully saturated rings. The normalized spacial score (nSPS) is 25.0. The predicted molar refractivity (Wildman–Crippen MR) is 92.4 cm³/mol. The van der Waals surface area contributed by atoms with E-state index in [1.165, 1.54) is 17.2 Å². The zero-order valence-electron chi connectivity index (χ0n) is 14.0. The average Bonchev–Trinajstić information content (AvgIpc) is 3.23. The van der Waals surface area contributed by atoms with Crippen LogP contribution >= 0.6 is 0 Å². The fourth-order valence-corrected chi connectivity index (χ4v) is 2.97. The molecule has 4 rings (SSSR count). The Labute approximate surface area is 153 Å². The number of carbonyl (C=O) groups excluding carboxylic acids is 1. The number of nitrogens with two attached hydrogens (primary N) is 1. The zero-order chi connectivity index (χ0) is 19.0. The van der Waals surface area contributed by atoms with E-state index in [9.17, 15) is 15.0 Å². The molecule has 10 heteroatoms. The van der Waals surface area contributed by atoms with Gasteiger partial charge in [-0.3, -0.25) is 4.57 Å². The number of benzene rings is 1. The van der Waals surface area contributed by atoms with Gasteiger partial charge in [-0.15, -0.1) is 0 Å². The Morgan fingerprint density at radius 2 is 1.96 bits per heavy atom. The van der Waals surface area contributed by atoms with Crippen LogP contribution in [0, 0.1) is 0 Å². The lowest BCUT2D eigenvalue weighted by atomic mass is 10.1. The molecule has 140 valence electrons. The van der Waals surface area contributed by atoms with Crippen LogP contribution in [0.3, 0.4) is 0 Å². The summed E-state index contributed by atoms with van der Waals surface area (Å²) in [7, 11) is 0. The molecule has 0 amide bonds. The van der Waals surface area contributed by atoms with E-state index in [2.05, 4.69) is 15.0 Å². The van der Waals surface area contributed by atoms with Gasteiger partial charge in [-0.2, -0.15) is 0 Å². The molecule has 0 radical (unpaired) electrons. The van der Waals surface area contributed by atoms with Crippen molar-refractivity contribution >= 4 is 23.0 Å². The highest BCUT2D eigenvalue weighted by molar-refractivity contribution is 5.89. The summed E-state index contributed by atoms with van der Waals surface area (Å²) in [6.45, 7) is -0.216. The highest BCUT2D eigenvalue weighted by atomic mass is 16.6. The zero-order valence-corrected chi connectivity index (χ0v) is 14.0. The second-order valence-electron chi connectivity index (χ2n) is 6.09. The standard InChI is InChI=1S/C17H17N5O5/c18-14-11-15(20-7-19-14)22(8-21-11)16-13(24)12(23)10(27-16)6-26-17(25)9-4-2-1-3-5-9/h1-5,7-8,10,12-13,16,23-24H,6H2,(H2,18,19,20)/t10-,12-,13-,16-/m1/s1. The minimum Gasteiger partial charge on any atom is -0.459 e. The molecule has 0 aliphatic carbocycles. The summed E-state index contributed by atoms with van der Waals surface area (Å²) in [5, 5.41) is 20.7. The number of hydrogen-bond donors (Lipinski definition) is 3. The molecule has 4 atom stereocenters. The summed E-state index contributed by atoms with van der Waals surface area (Å²) in [4.78, 5) is 24.1. The smallest absolute Gasteiger partial charge is 0.338 e. The number of aromatic nitrogens is 4. The molecule has 0 saturated carbocycles. The van der Waals surface area contributed by atoms with Gasteiger partial charge in [0.25, 0.3) is 0 Å². The molecule has 0 unspecified atom stereocenters. The summed E-state index contributed by atoms with van der Waals surface area (Å²) in [5.74, 6) is -0.349. The summed E-state index contributed by atoms with van der Waals surface area (Å²) >= 11 is 0. The maximum absolute atomic E-state index is 12.0. The number of aliphatic hydroxyl groups excluding tert-OH is 2. The van der Waals surface area contributed by atoms with E-state index in [-0.39, 0.29) is 12.4 Å². The molecule has 27 heavy (non-hydrogen) atoms. The van der Waals surface area contributed by atoms with E-state index < -0.39 is 30.5 Å². The van der Waals surface area contributed by atoms with Gasteiger partial charge in [0.15, 0.2) is 17.7 Å². The first-order chi connectivity index (χ1) is 13.1. The van der Waals surface area contributed by atoms with Gasteiger partial charge in [-0.1, -0.05) is 18.2 Å². The Morgan fingerprint density at radius 1 is 1.19 bits per heavy atom. The molecule has 2 aromatic heterocycles. The Bertz CT molecular complexity index is 963. The van der Waals surface area contributed by atoms with Gasteiger partial charge in [0.1, 0.15) is 36.8 Å². The van der Waals surface area contributed by atoms with Crippen LogP contribution in [0.5, 0.6) is 0 Å². The largest absolute Gasteiger partial charge is 0.459 e. The lowest BCUT2D eigenvalue weighted by Gasteiger charge is -2.16. The molecule has 4 N–H and O–H groups in total. The van der Waals surface area contributed by atoms with Crippen LogP contribution in [0.4, 0.5) is 5.82 Å². The van der Waals surface area contributed by atoms with Crippen molar-refractivity contribution in [2.75, 3.05) is 12.3 Å². The van der Waals surface area contributed by atoms with Gasteiger partial charge in [-0.25, -0.2) is 19.7 Å². The quantitative estimate of drug-likeness (QED) is 0.534. The molecule has 1 aliphatic heterocycles. The van der Waals surface area contributed by atoms with Crippen LogP contribution in [-0.4, -0.2) is 60.6 Å². The second-order valence-corrected chi connectivity index (χ2v) is 6.09. The number of anilines is 1. The highest BCUT2D eigenvalue weighted by Gasteiger charge is 2.45. The van der Waals surface area contributed by atoms with Crippen LogP contribution < -0.4 is 5.73 Å². The van der Waals surface area contributed by atoms with Crippen LogP contribution in [0.25, 0.3) is 11.2 Å². The van der Waals surface area contributed by atoms with Crippen LogP contribution in [-0.2, 0) is 9.47 Å². The Kier molecular flexibility index (Phi) is 4.44. The third-order valence-electron chi connectivity index (χ3n) is 4.39. The van der Waals surface area contributed by atoms with Gasteiger partial charge in [0.05, 0.1) is 11.9 Å². The number of ether oxygens (including phenoxy) is 2. The molecular formula is C17H17N5O5. The first-order valence-electron chi connectivity index (χ1n) is 8.23. The minimum atomic E-state index is -1.26. The Morgan fingerprint density at radius 3 is 2.74 bits per heavy atom. The Hall–Kier alpha value is -3.08. The Balaban J connectivity index is 1.49. The van der Waals surface area contributed by atoms with Crippen molar-refractivity contribution in [1.82, 2.24) is 19.5 Å². The number of imidazole rings is 1. The SMILES string of the molecule is Nc1ncnc2c1ncn2[C@@H]1O[C@H](COC(=O)c2ccccc2)[C@@H](O)[C@H]1O. The summed E-state index contributed by atoms with van der Waals surface area (Å²) < 4.78 is 12.4. The molecule has 3 heterocycles. The van der Waals surface area contributed by atoms with Crippen molar-refractivity contribution in [3.05, 3.63) is 48.5 Å². The van der Waals surface area contributed by atoms with Gasteiger partial charge in [0.2, 0.25) is 0 Å². The van der Waals surface area contributed by atoms with E-state index in [0.717, 1.165) is 0 Å². The number of nitrogen functional groups attached to an aromatic ring is 1. The van der Waals surface area contributed by atoms with Crippen molar-refractivity contribution < 1.29 is 24.5 Å². The second kappa shape index (κ2) is 6.91. The van der Waals surface area contributed by atoms with E-state index >= 15 is 0 Å². The summed E-state index contributed by atoms with van der Waals surface area (Å²) in [5.41, 5.74) is 6.87. The summed E-state index contributed by atoms with van der Waals surface area (Å²) in [6, 6.07) is 8.46. The van der Waals surface area contributed by atoms with Crippen LogP contribution in [0.2, 0.25) is 0 Å². The van der Waals surface area contributed by atoms with Crippen LogP contribution in [0.1, 0.15) is 16.6 Å². The number of esters is 1. The fourth-order valence-electron chi connectivity index (χ4n) is 2.97. The third kappa shape index (κ3) is 3.10. The topological polar surface area (TPSA) is 146 Å². The van der Waals surface area contributed by atoms with Crippen molar-refractivity contribution in [2.45, 2.75) is 24.5 Å². The lowest BCUT2D eigenvalue weighted by molar-refractivity contribution is -0.0565. The monoisotopic (exact) mass is 371 g/mol. The fraction of sp³-hybridized carbons (Fsp3) is 0.294. The number of nitrogens with zero attached hydrogens (tertiary/aromatic N) is 4. The average molecular weight is 371 g/mol. The van der Waals surface area contributed by atoms with Gasteiger partial charge in [-0.05, 0) is 12.1 Å². The number of rotatable bonds is 4. The molecule has 3 aromatic rings. The van der Waals surface area contributed by atoms with E-state index in [0.29, 0.717) is 16.7 Å². The van der Waals surface area contributed by atoms with Gasteiger partial charge >= 0.3 is 5.97 Å². The molecule has 0 bridgehead atoms. The number of fused-ring (bicyclic) bond motifs is 1. The van der Waals surface area contributed by atoms with Crippen molar-refractivity contribution in [2.24, 2.45) is 0 Å².